The number of rotatable bonds is 4. The van der Waals surface area contributed by atoms with Crippen LogP contribution in [-0.2, 0) is 6.54 Å². The average Bonchev–Trinajstić information content (AvgIpc) is 2.90. The highest BCUT2D eigenvalue weighted by Crippen LogP contribution is 2.25. The molecule has 0 aliphatic carbocycles. The Morgan fingerprint density at radius 2 is 2.26 bits per heavy atom. The summed E-state index contributed by atoms with van der Waals surface area (Å²) in [5.74, 6) is 0. The van der Waals surface area contributed by atoms with E-state index >= 15 is 0 Å². The predicted octanol–water partition coefficient (Wildman–Crippen LogP) is 3.16. The molecule has 0 unspecified atom stereocenters. The van der Waals surface area contributed by atoms with E-state index in [-0.39, 0.29) is 11.3 Å². The summed E-state index contributed by atoms with van der Waals surface area (Å²) >= 11 is 1.65. The molecule has 0 aliphatic heterocycles. The SMILES string of the molecule is CN(Cc1cccs1)c1ccc([N+](=O)[O-])c(C#N)c1. The summed E-state index contributed by atoms with van der Waals surface area (Å²) in [5.41, 5.74) is 0.715. The van der Waals surface area contributed by atoms with Crippen LogP contribution in [0, 0.1) is 21.4 Å². The van der Waals surface area contributed by atoms with E-state index in [1.807, 2.05) is 35.5 Å². The molecule has 1 aromatic carbocycles. The second-order valence-corrected chi connectivity index (χ2v) is 5.04. The first kappa shape index (κ1) is 13.1. The first-order chi connectivity index (χ1) is 9.11. The van der Waals surface area contributed by atoms with Gasteiger partial charge in [-0.25, -0.2) is 0 Å². The third-order valence-corrected chi connectivity index (χ3v) is 3.57. The Kier molecular flexibility index (Phi) is 3.78. The summed E-state index contributed by atoms with van der Waals surface area (Å²) in [5, 5.41) is 21.7. The lowest BCUT2D eigenvalue weighted by atomic mass is 10.1. The molecule has 96 valence electrons. The molecule has 0 saturated carbocycles. The Balaban J connectivity index is 2.26. The van der Waals surface area contributed by atoms with Crippen molar-refractivity contribution >= 4 is 22.7 Å². The van der Waals surface area contributed by atoms with Gasteiger partial charge in [-0.15, -0.1) is 11.3 Å². The molecular formula is C13H11N3O2S. The van der Waals surface area contributed by atoms with Crippen LogP contribution in [0.2, 0.25) is 0 Å². The number of nitriles is 1. The van der Waals surface area contributed by atoms with Crippen LogP contribution >= 0.6 is 11.3 Å². The van der Waals surface area contributed by atoms with Gasteiger partial charge in [-0.3, -0.25) is 10.1 Å². The minimum absolute atomic E-state index is 0.0838. The average molecular weight is 273 g/mol. The Morgan fingerprint density at radius 1 is 1.47 bits per heavy atom. The minimum Gasteiger partial charge on any atom is -0.369 e. The largest absolute Gasteiger partial charge is 0.369 e. The maximum Gasteiger partial charge on any atom is 0.287 e. The Bertz CT molecular complexity index is 632. The van der Waals surface area contributed by atoms with Gasteiger partial charge in [0.25, 0.3) is 5.69 Å². The van der Waals surface area contributed by atoms with Gasteiger partial charge in [0, 0.05) is 23.7 Å². The van der Waals surface area contributed by atoms with Crippen molar-refractivity contribution in [2.75, 3.05) is 11.9 Å². The van der Waals surface area contributed by atoms with E-state index in [4.69, 9.17) is 5.26 Å². The van der Waals surface area contributed by atoms with Crippen LogP contribution in [0.15, 0.2) is 35.7 Å². The first-order valence-corrected chi connectivity index (χ1v) is 6.42. The number of hydrogen-bond donors (Lipinski definition) is 0. The summed E-state index contributed by atoms with van der Waals surface area (Å²) in [6, 6.07) is 10.4. The number of hydrogen-bond acceptors (Lipinski definition) is 5. The predicted molar refractivity (Wildman–Crippen MR) is 74.2 cm³/mol. The van der Waals surface area contributed by atoms with Crippen molar-refractivity contribution in [2.45, 2.75) is 6.54 Å². The highest BCUT2D eigenvalue weighted by atomic mass is 32.1. The van der Waals surface area contributed by atoms with Gasteiger partial charge in [0.1, 0.15) is 11.6 Å². The topological polar surface area (TPSA) is 70.2 Å². The highest BCUT2D eigenvalue weighted by Gasteiger charge is 2.15. The van der Waals surface area contributed by atoms with Gasteiger partial charge in [-0.05, 0) is 23.6 Å². The van der Waals surface area contributed by atoms with E-state index in [1.165, 1.54) is 10.9 Å². The molecule has 0 atom stereocenters. The second kappa shape index (κ2) is 5.50. The highest BCUT2D eigenvalue weighted by molar-refractivity contribution is 7.09. The number of benzene rings is 1. The normalized spacial score (nSPS) is 9.89. The minimum atomic E-state index is -0.540. The number of anilines is 1. The fourth-order valence-corrected chi connectivity index (χ4v) is 2.50. The van der Waals surface area contributed by atoms with E-state index in [2.05, 4.69) is 0 Å². The zero-order chi connectivity index (χ0) is 13.8. The summed E-state index contributed by atoms with van der Waals surface area (Å²) < 4.78 is 0. The third-order valence-electron chi connectivity index (χ3n) is 2.71. The standard InChI is InChI=1S/C13H11N3O2S/c1-15(9-12-3-2-6-19-12)11-4-5-13(16(17)18)10(7-11)8-14/h2-7H,9H2,1H3. The molecule has 0 bridgehead atoms. The molecule has 5 nitrogen and oxygen atoms in total. The van der Waals surface area contributed by atoms with Crippen LogP contribution in [0.3, 0.4) is 0 Å². The molecular weight excluding hydrogens is 262 g/mol. The fraction of sp³-hybridized carbons (Fsp3) is 0.154. The number of nitrogens with zero attached hydrogens (tertiary/aromatic N) is 3. The fourth-order valence-electron chi connectivity index (χ4n) is 1.74. The van der Waals surface area contributed by atoms with Crippen LogP contribution in [0.25, 0.3) is 0 Å². The molecule has 0 N–H and O–H groups in total. The van der Waals surface area contributed by atoms with Gasteiger partial charge < -0.3 is 4.90 Å². The van der Waals surface area contributed by atoms with Crippen molar-refractivity contribution in [3.05, 3.63) is 56.3 Å². The van der Waals surface area contributed by atoms with E-state index in [9.17, 15) is 10.1 Å². The van der Waals surface area contributed by atoms with E-state index in [1.54, 1.807) is 23.5 Å². The third kappa shape index (κ3) is 2.89. The summed E-state index contributed by atoms with van der Waals surface area (Å²) in [6.07, 6.45) is 0. The molecule has 0 radical (unpaired) electrons. The molecule has 0 saturated heterocycles. The molecule has 6 heteroatoms. The summed E-state index contributed by atoms with van der Waals surface area (Å²) in [6.45, 7) is 0.709. The van der Waals surface area contributed by atoms with E-state index in [0.29, 0.717) is 6.54 Å². The van der Waals surface area contributed by atoms with Gasteiger partial charge in [-0.1, -0.05) is 6.07 Å². The Morgan fingerprint density at radius 3 is 2.84 bits per heavy atom. The zero-order valence-electron chi connectivity index (χ0n) is 10.2. The van der Waals surface area contributed by atoms with Crippen molar-refractivity contribution in [3.63, 3.8) is 0 Å². The molecule has 19 heavy (non-hydrogen) atoms. The van der Waals surface area contributed by atoms with Gasteiger partial charge in [0.2, 0.25) is 0 Å². The molecule has 0 amide bonds. The molecule has 2 rings (SSSR count). The van der Waals surface area contributed by atoms with Crippen LogP contribution < -0.4 is 4.90 Å². The van der Waals surface area contributed by atoms with Crippen molar-refractivity contribution < 1.29 is 4.92 Å². The van der Waals surface area contributed by atoms with Crippen molar-refractivity contribution in [3.8, 4) is 6.07 Å². The quantitative estimate of drug-likeness (QED) is 0.633. The smallest absolute Gasteiger partial charge is 0.287 e. The van der Waals surface area contributed by atoms with Gasteiger partial charge in [0.15, 0.2) is 0 Å². The lowest BCUT2D eigenvalue weighted by molar-refractivity contribution is -0.385. The maximum absolute atomic E-state index is 10.8. The van der Waals surface area contributed by atoms with Crippen LogP contribution in [0.5, 0.6) is 0 Å². The Hall–Kier alpha value is -2.39. The molecule has 1 heterocycles. The molecule has 1 aromatic heterocycles. The maximum atomic E-state index is 10.8. The lowest BCUT2D eigenvalue weighted by Crippen LogP contribution is -2.15. The van der Waals surface area contributed by atoms with Crippen LogP contribution in [0.4, 0.5) is 11.4 Å². The monoisotopic (exact) mass is 273 g/mol. The van der Waals surface area contributed by atoms with Crippen molar-refractivity contribution in [2.24, 2.45) is 0 Å². The van der Waals surface area contributed by atoms with E-state index in [0.717, 1.165) is 5.69 Å². The summed E-state index contributed by atoms with van der Waals surface area (Å²) in [4.78, 5) is 13.4. The van der Waals surface area contributed by atoms with Gasteiger partial charge >= 0.3 is 0 Å². The van der Waals surface area contributed by atoms with Crippen molar-refractivity contribution in [1.29, 1.82) is 5.26 Å². The first-order valence-electron chi connectivity index (χ1n) is 5.54. The number of nitro groups is 1. The number of nitro benzene ring substituents is 1. The zero-order valence-corrected chi connectivity index (χ0v) is 11.1. The molecule has 0 aliphatic rings. The van der Waals surface area contributed by atoms with Crippen LogP contribution in [0.1, 0.15) is 10.4 Å². The van der Waals surface area contributed by atoms with Crippen LogP contribution in [-0.4, -0.2) is 12.0 Å². The lowest BCUT2D eigenvalue weighted by Gasteiger charge is -2.18. The van der Waals surface area contributed by atoms with Crippen molar-refractivity contribution in [1.82, 2.24) is 0 Å². The van der Waals surface area contributed by atoms with Gasteiger partial charge in [0.05, 0.1) is 11.5 Å². The summed E-state index contributed by atoms with van der Waals surface area (Å²) in [7, 11) is 1.89. The van der Waals surface area contributed by atoms with Gasteiger partial charge in [-0.2, -0.15) is 5.26 Å². The van der Waals surface area contributed by atoms with E-state index < -0.39 is 4.92 Å². The Labute approximate surface area is 114 Å². The molecule has 0 spiro atoms. The molecule has 2 aromatic rings. The second-order valence-electron chi connectivity index (χ2n) is 4.01. The molecule has 0 fully saturated rings. The number of thiophene rings is 1.